The van der Waals surface area contributed by atoms with E-state index in [1.807, 2.05) is 62.4 Å². The van der Waals surface area contributed by atoms with Crippen LogP contribution in [0, 0.1) is 13.8 Å². The van der Waals surface area contributed by atoms with E-state index >= 15 is 0 Å². The summed E-state index contributed by atoms with van der Waals surface area (Å²) in [5.74, 6) is -1.36. The Morgan fingerprint density at radius 2 is 1.74 bits per heavy atom. The molecule has 0 aliphatic rings. The highest BCUT2D eigenvalue weighted by Crippen LogP contribution is 2.16. The second-order valence-corrected chi connectivity index (χ2v) is 7.16. The lowest BCUT2D eigenvalue weighted by atomic mass is 10.1. The van der Waals surface area contributed by atoms with Gasteiger partial charge in [-0.25, -0.2) is 9.36 Å². The predicted molar refractivity (Wildman–Crippen MR) is 116 cm³/mol. The molecule has 0 unspecified atom stereocenters. The average Bonchev–Trinajstić information content (AvgIpc) is 2.75. The van der Waals surface area contributed by atoms with Crippen molar-refractivity contribution in [2.24, 2.45) is 0 Å². The number of ether oxygens (including phenoxy) is 1. The van der Waals surface area contributed by atoms with E-state index in [0.29, 0.717) is 5.69 Å². The van der Waals surface area contributed by atoms with E-state index in [1.54, 1.807) is 0 Å². The number of aromatic nitrogens is 2. The fraction of sp³-hybridized carbons (Fsp3) is 0.217. The number of carbonyl (C=O) groups excluding carboxylic acids is 2. The standard InChI is InChI=1S/C23H23N3O5/c1-16-8-9-17(2)19(12-16)24-20(27)15-31-22(29)14-26-21(28)10-11-25(23(26)30)13-18-6-4-3-5-7-18/h3-12H,13-15H2,1-2H3,(H,24,27). The molecule has 1 aromatic heterocycles. The zero-order chi connectivity index (χ0) is 22.4. The van der Waals surface area contributed by atoms with E-state index in [-0.39, 0.29) is 6.54 Å². The van der Waals surface area contributed by atoms with Gasteiger partial charge in [0, 0.05) is 18.0 Å². The van der Waals surface area contributed by atoms with Crippen molar-refractivity contribution < 1.29 is 14.3 Å². The molecule has 0 spiro atoms. The summed E-state index contributed by atoms with van der Waals surface area (Å²) in [6.45, 7) is 2.91. The lowest BCUT2D eigenvalue weighted by molar-refractivity contribution is -0.148. The molecule has 0 aliphatic heterocycles. The third kappa shape index (κ3) is 5.79. The van der Waals surface area contributed by atoms with Crippen molar-refractivity contribution in [3.05, 3.63) is 98.3 Å². The number of benzene rings is 2. The van der Waals surface area contributed by atoms with Crippen molar-refractivity contribution in [2.45, 2.75) is 26.9 Å². The second kappa shape index (κ2) is 9.71. The first-order chi connectivity index (χ1) is 14.8. The summed E-state index contributed by atoms with van der Waals surface area (Å²) in [6.07, 6.45) is 1.39. The van der Waals surface area contributed by atoms with Crippen molar-refractivity contribution in [3.8, 4) is 0 Å². The number of hydrogen-bond donors (Lipinski definition) is 1. The van der Waals surface area contributed by atoms with Gasteiger partial charge in [-0.3, -0.25) is 19.0 Å². The van der Waals surface area contributed by atoms with Crippen LogP contribution in [-0.2, 0) is 27.4 Å². The van der Waals surface area contributed by atoms with E-state index in [0.717, 1.165) is 21.3 Å². The Balaban J connectivity index is 1.63. The van der Waals surface area contributed by atoms with E-state index < -0.39 is 36.3 Å². The molecule has 0 saturated carbocycles. The highest BCUT2D eigenvalue weighted by atomic mass is 16.5. The SMILES string of the molecule is Cc1ccc(C)c(NC(=O)COC(=O)Cn2c(=O)ccn(Cc3ccccc3)c2=O)c1. The third-order valence-corrected chi connectivity index (χ3v) is 4.65. The molecule has 0 fully saturated rings. The Bertz CT molecular complexity index is 1210. The number of amides is 1. The zero-order valence-electron chi connectivity index (χ0n) is 17.3. The summed E-state index contributed by atoms with van der Waals surface area (Å²) in [5, 5.41) is 2.68. The topological polar surface area (TPSA) is 99.4 Å². The van der Waals surface area contributed by atoms with Gasteiger partial charge >= 0.3 is 11.7 Å². The number of nitrogens with zero attached hydrogens (tertiary/aromatic N) is 2. The van der Waals surface area contributed by atoms with Gasteiger partial charge in [0.05, 0.1) is 6.54 Å². The maximum atomic E-state index is 12.6. The van der Waals surface area contributed by atoms with Gasteiger partial charge < -0.3 is 10.1 Å². The fourth-order valence-electron chi connectivity index (χ4n) is 2.98. The minimum atomic E-state index is -0.854. The first kappa shape index (κ1) is 21.8. The monoisotopic (exact) mass is 421 g/mol. The average molecular weight is 421 g/mol. The number of rotatable bonds is 7. The molecule has 1 heterocycles. The Hall–Kier alpha value is -3.94. The lowest BCUT2D eigenvalue weighted by Gasteiger charge is -2.11. The van der Waals surface area contributed by atoms with Gasteiger partial charge in [-0.15, -0.1) is 0 Å². The number of anilines is 1. The van der Waals surface area contributed by atoms with Gasteiger partial charge in [0.25, 0.3) is 11.5 Å². The number of esters is 1. The molecule has 8 heteroatoms. The van der Waals surface area contributed by atoms with Crippen LogP contribution < -0.4 is 16.6 Å². The molecule has 0 aliphatic carbocycles. The molecule has 1 N–H and O–H groups in total. The minimum Gasteiger partial charge on any atom is -0.454 e. The minimum absolute atomic E-state index is 0.257. The first-order valence-electron chi connectivity index (χ1n) is 9.70. The normalized spacial score (nSPS) is 10.5. The zero-order valence-corrected chi connectivity index (χ0v) is 17.3. The quantitative estimate of drug-likeness (QED) is 0.587. The summed E-state index contributed by atoms with van der Waals surface area (Å²) < 4.78 is 7.08. The van der Waals surface area contributed by atoms with Gasteiger partial charge in [0.15, 0.2) is 6.61 Å². The maximum Gasteiger partial charge on any atom is 0.331 e. The summed E-state index contributed by atoms with van der Waals surface area (Å²) >= 11 is 0. The summed E-state index contributed by atoms with van der Waals surface area (Å²) in [6, 6.07) is 16.1. The van der Waals surface area contributed by atoms with Crippen LogP contribution in [0.15, 0.2) is 70.4 Å². The first-order valence-corrected chi connectivity index (χ1v) is 9.70. The van der Waals surface area contributed by atoms with Crippen LogP contribution in [0.4, 0.5) is 5.69 Å². The highest BCUT2D eigenvalue weighted by Gasteiger charge is 2.13. The van der Waals surface area contributed by atoms with Crippen LogP contribution >= 0.6 is 0 Å². The Kier molecular flexibility index (Phi) is 6.81. The third-order valence-electron chi connectivity index (χ3n) is 4.65. The van der Waals surface area contributed by atoms with Crippen LogP contribution in [0.3, 0.4) is 0 Å². The number of aryl methyl sites for hydroxylation is 2. The van der Waals surface area contributed by atoms with Crippen LogP contribution in [0.2, 0.25) is 0 Å². The molecule has 160 valence electrons. The van der Waals surface area contributed by atoms with Crippen LogP contribution in [0.25, 0.3) is 0 Å². The van der Waals surface area contributed by atoms with Gasteiger partial charge in [-0.2, -0.15) is 0 Å². The van der Waals surface area contributed by atoms with E-state index in [1.165, 1.54) is 16.8 Å². The number of carbonyl (C=O) groups is 2. The molecular weight excluding hydrogens is 398 g/mol. The van der Waals surface area contributed by atoms with Gasteiger partial charge in [-0.05, 0) is 36.6 Å². The largest absolute Gasteiger partial charge is 0.454 e. The molecule has 3 aromatic rings. The van der Waals surface area contributed by atoms with Gasteiger partial charge in [0.1, 0.15) is 6.54 Å². The fourth-order valence-corrected chi connectivity index (χ4v) is 2.98. The molecule has 8 nitrogen and oxygen atoms in total. The van der Waals surface area contributed by atoms with Gasteiger partial charge in [0.2, 0.25) is 0 Å². The van der Waals surface area contributed by atoms with Crippen molar-refractivity contribution in [2.75, 3.05) is 11.9 Å². The van der Waals surface area contributed by atoms with E-state index in [4.69, 9.17) is 4.74 Å². The molecule has 2 aromatic carbocycles. The summed E-state index contributed by atoms with van der Waals surface area (Å²) in [4.78, 5) is 49.0. The van der Waals surface area contributed by atoms with Crippen LogP contribution in [-0.4, -0.2) is 27.6 Å². The molecule has 0 atom stereocenters. The Labute approximate surface area is 178 Å². The van der Waals surface area contributed by atoms with Crippen molar-refractivity contribution in [1.29, 1.82) is 0 Å². The van der Waals surface area contributed by atoms with Crippen molar-refractivity contribution >= 4 is 17.6 Å². The number of hydrogen-bond acceptors (Lipinski definition) is 5. The van der Waals surface area contributed by atoms with Crippen LogP contribution in [0.5, 0.6) is 0 Å². The Morgan fingerprint density at radius 1 is 1.00 bits per heavy atom. The molecule has 0 saturated heterocycles. The smallest absolute Gasteiger partial charge is 0.331 e. The lowest BCUT2D eigenvalue weighted by Crippen LogP contribution is -2.41. The van der Waals surface area contributed by atoms with Gasteiger partial charge in [-0.1, -0.05) is 42.5 Å². The van der Waals surface area contributed by atoms with Crippen molar-refractivity contribution in [3.63, 3.8) is 0 Å². The van der Waals surface area contributed by atoms with E-state index in [9.17, 15) is 19.2 Å². The molecule has 0 bridgehead atoms. The van der Waals surface area contributed by atoms with Crippen molar-refractivity contribution in [1.82, 2.24) is 9.13 Å². The molecule has 0 radical (unpaired) electrons. The summed E-state index contributed by atoms with van der Waals surface area (Å²) in [7, 11) is 0. The molecule has 1 amide bonds. The molecule has 3 rings (SSSR count). The molecule has 31 heavy (non-hydrogen) atoms. The molecular formula is C23H23N3O5. The highest BCUT2D eigenvalue weighted by molar-refractivity contribution is 5.93. The summed E-state index contributed by atoms with van der Waals surface area (Å²) in [5.41, 5.74) is 2.11. The number of nitrogens with one attached hydrogen (secondary N) is 1. The van der Waals surface area contributed by atoms with E-state index in [2.05, 4.69) is 5.32 Å². The second-order valence-electron chi connectivity index (χ2n) is 7.16. The maximum absolute atomic E-state index is 12.6. The Morgan fingerprint density at radius 3 is 2.48 bits per heavy atom. The van der Waals surface area contributed by atoms with Crippen LogP contribution in [0.1, 0.15) is 16.7 Å². The predicted octanol–water partition coefficient (Wildman–Crippen LogP) is 1.86.